The Labute approximate surface area is 204 Å². The molecule has 34 heavy (non-hydrogen) atoms. The van der Waals surface area contributed by atoms with Gasteiger partial charge in [-0.3, -0.25) is 9.59 Å². The van der Waals surface area contributed by atoms with E-state index in [0.717, 1.165) is 45.1 Å². The highest BCUT2D eigenvalue weighted by Crippen LogP contribution is 2.32. The number of nitrogens with zero attached hydrogens (tertiary/aromatic N) is 2. The normalized spacial score (nSPS) is 16.8. The minimum atomic E-state index is 0.113. The minimum Gasteiger partial charge on any atom is -0.289 e. The summed E-state index contributed by atoms with van der Waals surface area (Å²) >= 11 is 0. The van der Waals surface area contributed by atoms with Crippen LogP contribution in [0.5, 0.6) is 0 Å². The average Bonchev–Trinajstić information content (AvgIpc) is 2.76. The number of hydrogen-bond acceptors (Lipinski definition) is 4. The van der Waals surface area contributed by atoms with Crippen molar-refractivity contribution < 1.29 is 9.59 Å². The van der Waals surface area contributed by atoms with E-state index >= 15 is 0 Å². The van der Waals surface area contributed by atoms with Gasteiger partial charge < -0.3 is 0 Å². The number of hydrogen-bond donors (Lipinski definition) is 0. The van der Waals surface area contributed by atoms with Crippen molar-refractivity contribution in [2.45, 2.75) is 55.4 Å². The third-order valence-corrected chi connectivity index (χ3v) is 6.13. The van der Waals surface area contributed by atoms with Crippen LogP contribution in [0, 0.1) is 23.7 Å². The van der Waals surface area contributed by atoms with E-state index in [1.165, 1.54) is 0 Å². The minimum absolute atomic E-state index is 0.113. The number of benzene rings is 1. The monoisotopic (exact) mass is 456 g/mol. The Kier molecular flexibility index (Phi) is 7.81. The van der Waals surface area contributed by atoms with Gasteiger partial charge in [-0.1, -0.05) is 67.5 Å². The lowest BCUT2D eigenvalue weighted by molar-refractivity contribution is -0.113. The molecule has 1 aromatic rings. The summed E-state index contributed by atoms with van der Waals surface area (Å²) in [5, 5.41) is 0. The van der Waals surface area contributed by atoms with Crippen molar-refractivity contribution in [3.8, 4) is 0 Å². The standard InChI is InChI=1S/C30H36N2O2/c1-17(2)23-13-21(14-24(18(3)4)29(23)33)31-27-11-9-10-12-28(27)32-22-15-25(19(5)6)30(34)26(16-22)20(7)8/h9-20H,1-8H3. The molecule has 0 N–H and O–H groups in total. The maximum Gasteiger partial charge on any atom is 0.185 e. The van der Waals surface area contributed by atoms with Gasteiger partial charge in [0, 0.05) is 22.3 Å². The number of para-hydroxylation sites is 2. The van der Waals surface area contributed by atoms with Crippen molar-refractivity contribution in [3.05, 3.63) is 70.9 Å². The molecule has 0 aliphatic heterocycles. The molecule has 4 nitrogen and oxygen atoms in total. The van der Waals surface area contributed by atoms with E-state index in [1.54, 1.807) is 0 Å². The van der Waals surface area contributed by atoms with E-state index in [0.29, 0.717) is 0 Å². The summed E-state index contributed by atoms with van der Waals surface area (Å²) in [5.74, 6) is 0.706. The number of carbonyl (C=O) groups excluding carboxylic acids is 2. The number of ketones is 2. The molecule has 0 bridgehead atoms. The van der Waals surface area contributed by atoms with Crippen molar-refractivity contribution in [2.24, 2.45) is 33.7 Å². The highest BCUT2D eigenvalue weighted by atomic mass is 16.1. The molecule has 0 saturated carbocycles. The Morgan fingerprint density at radius 2 is 0.765 bits per heavy atom. The number of carbonyl (C=O) groups is 2. The van der Waals surface area contributed by atoms with Gasteiger partial charge in [0.2, 0.25) is 0 Å². The molecule has 0 atom stereocenters. The molecule has 0 amide bonds. The van der Waals surface area contributed by atoms with Gasteiger partial charge in [-0.15, -0.1) is 0 Å². The smallest absolute Gasteiger partial charge is 0.185 e. The molecule has 0 spiro atoms. The predicted octanol–water partition coefficient (Wildman–Crippen LogP) is 7.33. The molecule has 0 unspecified atom stereocenters. The molecular weight excluding hydrogens is 420 g/mol. The Hall–Kier alpha value is -3.14. The van der Waals surface area contributed by atoms with Crippen LogP contribution in [0.1, 0.15) is 55.4 Å². The van der Waals surface area contributed by atoms with E-state index in [4.69, 9.17) is 9.98 Å². The summed E-state index contributed by atoms with van der Waals surface area (Å²) in [6.45, 7) is 16.3. The van der Waals surface area contributed by atoms with Gasteiger partial charge in [-0.2, -0.15) is 0 Å². The second-order valence-electron chi connectivity index (χ2n) is 10.2. The Morgan fingerprint density at radius 1 is 0.500 bits per heavy atom. The zero-order valence-corrected chi connectivity index (χ0v) is 21.6. The molecule has 3 rings (SSSR count). The largest absolute Gasteiger partial charge is 0.289 e. The van der Waals surface area contributed by atoms with Crippen LogP contribution in [0.25, 0.3) is 0 Å². The fourth-order valence-corrected chi connectivity index (χ4v) is 4.09. The van der Waals surface area contributed by atoms with Crippen molar-refractivity contribution in [3.63, 3.8) is 0 Å². The van der Waals surface area contributed by atoms with Gasteiger partial charge in [-0.25, -0.2) is 9.98 Å². The molecule has 0 heterocycles. The molecule has 4 heteroatoms. The quantitative estimate of drug-likeness (QED) is 0.421. The third-order valence-electron chi connectivity index (χ3n) is 6.13. The second-order valence-corrected chi connectivity index (χ2v) is 10.2. The van der Waals surface area contributed by atoms with E-state index in [-0.39, 0.29) is 35.2 Å². The summed E-state index contributed by atoms with van der Waals surface area (Å²) in [4.78, 5) is 35.6. The van der Waals surface area contributed by atoms with Gasteiger partial charge in [-0.05, 0) is 60.1 Å². The van der Waals surface area contributed by atoms with Crippen LogP contribution >= 0.6 is 0 Å². The number of allylic oxidation sites excluding steroid dienone is 8. The summed E-state index contributed by atoms with van der Waals surface area (Å²) in [6, 6.07) is 7.74. The number of aliphatic imine (C=N–C) groups is 2. The Morgan fingerprint density at radius 3 is 1.00 bits per heavy atom. The molecular formula is C30H36N2O2. The Bertz CT molecular complexity index is 1030. The van der Waals surface area contributed by atoms with Gasteiger partial charge in [0.1, 0.15) is 0 Å². The van der Waals surface area contributed by atoms with Crippen LogP contribution in [-0.4, -0.2) is 23.0 Å². The first-order chi connectivity index (χ1) is 16.0. The fraction of sp³-hybridized carbons (Fsp3) is 0.400. The molecule has 0 saturated heterocycles. The number of rotatable bonds is 6. The first-order valence-corrected chi connectivity index (χ1v) is 12.2. The molecule has 0 radical (unpaired) electrons. The maximum absolute atomic E-state index is 12.9. The van der Waals surface area contributed by atoms with Crippen LogP contribution in [0.3, 0.4) is 0 Å². The molecule has 1 aromatic carbocycles. The highest BCUT2D eigenvalue weighted by Gasteiger charge is 2.26. The Balaban J connectivity index is 2.12. The van der Waals surface area contributed by atoms with Gasteiger partial charge >= 0.3 is 0 Å². The predicted molar refractivity (Wildman–Crippen MR) is 142 cm³/mol. The van der Waals surface area contributed by atoms with E-state index in [2.05, 4.69) is 0 Å². The van der Waals surface area contributed by atoms with Gasteiger partial charge in [0.15, 0.2) is 11.6 Å². The summed E-state index contributed by atoms with van der Waals surface area (Å²) in [6.07, 6.45) is 7.59. The number of Topliss-reactive ketones (excluding diaryl/α,β-unsaturated/α-hetero) is 2. The lowest BCUT2D eigenvalue weighted by Crippen LogP contribution is -2.21. The zero-order valence-electron chi connectivity index (χ0n) is 21.6. The molecule has 0 fully saturated rings. The first-order valence-electron chi connectivity index (χ1n) is 12.2. The van der Waals surface area contributed by atoms with Crippen molar-refractivity contribution in [1.82, 2.24) is 0 Å². The highest BCUT2D eigenvalue weighted by molar-refractivity contribution is 6.24. The molecule has 2 aliphatic carbocycles. The summed E-state index contributed by atoms with van der Waals surface area (Å²) < 4.78 is 0. The topological polar surface area (TPSA) is 58.9 Å². The lowest BCUT2D eigenvalue weighted by Gasteiger charge is -2.20. The third kappa shape index (κ3) is 5.49. The van der Waals surface area contributed by atoms with E-state index in [1.807, 2.05) is 104 Å². The van der Waals surface area contributed by atoms with E-state index in [9.17, 15) is 9.59 Å². The van der Waals surface area contributed by atoms with Crippen molar-refractivity contribution in [1.29, 1.82) is 0 Å². The first kappa shape index (κ1) is 25.5. The fourth-order valence-electron chi connectivity index (χ4n) is 4.09. The molecule has 0 aromatic heterocycles. The van der Waals surface area contributed by atoms with Gasteiger partial charge in [0.25, 0.3) is 0 Å². The maximum atomic E-state index is 12.9. The molecule has 2 aliphatic rings. The van der Waals surface area contributed by atoms with Crippen LogP contribution in [-0.2, 0) is 9.59 Å². The van der Waals surface area contributed by atoms with Crippen LogP contribution < -0.4 is 0 Å². The average molecular weight is 457 g/mol. The SMILES string of the molecule is CC(C)C1=CC(=Nc2ccccc2N=C2C=C(C(C)C)C(=O)C(C(C)C)=C2)C=C(C(C)C)C1=O. The second kappa shape index (κ2) is 10.4. The van der Waals surface area contributed by atoms with Crippen LogP contribution in [0.4, 0.5) is 11.4 Å². The van der Waals surface area contributed by atoms with Crippen molar-refractivity contribution in [2.75, 3.05) is 0 Å². The van der Waals surface area contributed by atoms with Crippen LogP contribution in [0.15, 0.2) is 80.8 Å². The molecule has 178 valence electrons. The van der Waals surface area contributed by atoms with Crippen molar-refractivity contribution >= 4 is 34.4 Å². The van der Waals surface area contributed by atoms with Gasteiger partial charge in [0.05, 0.1) is 22.8 Å². The lowest BCUT2D eigenvalue weighted by atomic mass is 9.84. The van der Waals surface area contributed by atoms with E-state index < -0.39 is 0 Å². The summed E-state index contributed by atoms with van der Waals surface area (Å²) in [7, 11) is 0. The van der Waals surface area contributed by atoms with Crippen LogP contribution in [0.2, 0.25) is 0 Å². The summed E-state index contributed by atoms with van der Waals surface area (Å²) in [5.41, 5.74) is 6.12. The zero-order chi connectivity index (χ0) is 25.2.